The first kappa shape index (κ1) is 17.3. The van der Waals surface area contributed by atoms with Crippen LogP contribution >= 0.6 is 0 Å². The maximum Gasteiger partial charge on any atom is 0.161 e. The fourth-order valence-electron chi connectivity index (χ4n) is 2.26. The summed E-state index contributed by atoms with van der Waals surface area (Å²) < 4.78 is 11.2. The zero-order valence-electron chi connectivity index (χ0n) is 13.7. The molecule has 0 amide bonds. The van der Waals surface area contributed by atoms with Gasteiger partial charge in [-0.2, -0.15) is 0 Å². The third-order valence-electron chi connectivity index (χ3n) is 3.72. The van der Waals surface area contributed by atoms with Gasteiger partial charge >= 0.3 is 0 Å². The summed E-state index contributed by atoms with van der Waals surface area (Å²) in [4.78, 5) is 0. The Hall–Kier alpha value is -2.04. The smallest absolute Gasteiger partial charge is 0.161 e. The van der Waals surface area contributed by atoms with Crippen molar-refractivity contribution in [3.05, 3.63) is 59.2 Å². The van der Waals surface area contributed by atoms with E-state index >= 15 is 0 Å². The van der Waals surface area contributed by atoms with E-state index in [1.165, 1.54) is 5.56 Å². The van der Waals surface area contributed by atoms with Crippen molar-refractivity contribution < 1.29 is 19.7 Å². The minimum Gasteiger partial charge on any atom is -0.493 e. The molecule has 124 valence electrons. The van der Waals surface area contributed by atoms with E-state index < -0.39 is 6.10 Å². The highest BCUT2D eigenvalue weighted by Crippen LogP contribution is 2.29. The van der Waals surface area contributed by atoms with Gasteiger partial charge in [0.05, 0.1) is 19.8 Å². The molecule has 0 aliphatic carbocycles. The van der Waals surface area contributed by atoms with E-state index in [-0.39, 0.29) is 6.61 Å². The van der Waals surface area contributed by atoms with Gasteiger partial charge < -0.3 is 19.7 Å². The van der Waals surface area contributed by atoms with Crippen LogP contribution in [0.15, 0.2) is 42.5 Å². The van der Waals surface area contributed by atoms with E-state index in [0.717, 1.165) is 11.1 Å². The molecule has 1 unspecified atom stereocenters. The van der Waals surface area contributed by atoms with Crippen molar-refractivity contribution in [1.29, 1.82) is 0 Å². The summed E-state index contributed by atoms with van der Waals surface area (Å²) in [6, 6.07) is 14.0. The van der Waals surface area contributed by atoms with Crippen LogP contribution in [0.25, 0.3) is 0 Å². The van der Waals surface area contributed by atoms with E-state index in [1.807, 2.05) is 30.3 Å². The minimum atomic E-state index is -0.682. The lowest BCUT2D eigenvalue weighted by Crippen LogP contribution is -2.12. The Bertz CT molecular complexity index is 607. The van der Waals surface area contributed by atoms with Crippen LogP contribution in [-0.4, -0.2) is 30.0 Å². The fraction of sp³-hybridized carbons (Fsp3) is 0.368. The molecule has 2 rings (SSSR count). The van der Waals surface area contributed by atoms with Crippen LogP contribution in [0.1, 0.15) is 23.1 Å². The van der Waals surface area contributed by atoms with E-state index in [1.54, 1.807) is 7.11 Å². The van der Waals surface area contributed by atoms with Gasteiger partial charge in [-0.25, -0.2) is 0 Å². The molecule has 2 N–H and O–H groups in total. The topological polar surface area (TPSA) is 58.9 Å². The minimum absolute atomic E-state index is 0.213. The number of benzene rings is 2. The monoisotopic (exact) mass is 316 g/mol. The maximum atomic E-state index is 9.42. The molecule has 0 aliphatic rings. The second kappa shape index (κ2) is 8.56. The fourth-order valence-corrected chi connectivity index (χ4v) is 2.26. The molecule has 2 aromatic carbocycles. The summed E-state index contributed by atoms with van der Waals surface area (Å²) >= 11 is 0. The van der Waals surface area contributed by atoms with Crippen molar-refractivity contribution in [3.8, 4) is 11.5 Å². The molecule has 23 heavy (non-hydrogen) atoms. The number of methoxy groups -OCH3 is 1. The van der Waals surface area contributed by atoms with Crippen LogP contribution in [0, 0.1) is 6.92 Å². The molecule has 0 spiro atoms. The normalized spacial score (nSPS) is 12.0. The molecule has 0 saturated heterocycles. The molecule has 0 fully saturated rings. The van der Waals surface area contributed by atoms with Crippen LogP contribution in [-0.2, 0) is 13.0 Å². The van der Waals surface area contributed by atoms with Crippen LogP contribution in [0.3, 0.4) is 0 Å². The second-order valence-electron chi connectivity index (χ2n) is 5.63. The molecule has 4 heteroatoms. The zero-order chi connectivity index (χ0) is 16.7. The third kappa shape index (κ3) is 5.27. The van der Waals surface area contributed by atoms with Crippen LogP contribution in [0.5, 0.6) is 11.5 Å². The summed E-state index contributed by atoms with van der Waals surface area (Å²) in [7, 11) is 1.61. The number of rotatable bonds is 8. The Morgan fingerprint density at radius 1 is 1.00 bits per heavy atom. The molecule has 0 bridgehead atoms. The Kier molecular flexibility index (Phi) is 6.44. The van der Waals surface area contributed by atoms with Gasteiger partial charge in [-0.1, -0.05) is 35.9 Å². The molecule has 0 aromatic heterocycles. The second-order valence-corrected chi connectivity index (χ2v) is 5.63. The summed E-state index contributed by atoms with van der Waals surface area (Å²) in [5.74, 6) is 1.37. The van der Waals surface area contributed by atoms with Gasteiger partial charge in [0, 0.05) is 0 Å². The lowest BCUT2D eigenvalue weighted by molar-refractivity contribution is 0.0885. The standard InChI is InChI=1S/C19H24O4/c1-14-3-5-16(6-4-14)13-23-18-10-8-15(11-19(18)22-2)7-9-17(21)12-20/h3-6,8,10-11,17,20-21H,7,9,12-13H2,1-2H3. The largest absolute Gasteiger partial charge is 0.493 e. The number of aryl methyl sites for hydroxylation is 2. The van der Waals surface area contributed by atoms with Gasteiger partial charge in [-0.3, -0.25) is 0 Å². The lowest BCUT2D eigenvalue weighted by Gasteiger charge is -2.13. The van der Waals surface area contributed by atoms with Crippen molar-refractivity contribution in [1.82, 2.24) is 0 Å². The molecule has 1 atom stereocenters. The number of aliphatic hydroxyl groups is 2. The Labute approximate surface area is 137 Å². The Morgan fingerprint density at radius 3 is 2.35 bits per heavy atom. The lowest BCUT2D eigenvalue weighted by atomic mass is 10.1. The molecular weight excluding hydrogens is 292 g/mol. The average Bonchev–Trinajstić information content (AvgIpc) is 2.59. The van der Waals surface area contributed by atoms with Crippen molar-refractivity contribution in [2.45, 2.75) is 32.5 Å². The SMILES string of the molecule is COc1cc(CCC(O)CO)ccc1OCc1ccc(C)cc1. The van der Waals surface area contributed by atoms with Crippen LogP contribution < -0.4 is 9.47 Å². The predicted molar refractivity (Wildman–Crippen MR) is 89.9 cm³/mol. The number of hydrogen-bond acceptors (Lipinski definition) is 4. The summed E-state index contributed by atoms with van der Waals surface area (Å²) in [6.07, 6.45) is 0.512. The first-order valence-electron chi connectivity index (χ1n) is 7.76. The van der Waals surface area contributed by atoms with Crippen molar-refractivity contribution in [2.75, 3.05) is 13.7 Å². The Balaban J connectivity index is 1.99. The van der Waals surface area contributed by atoms with Crippen molar-refractivity contribution in [2.24, 2.45) is 0 Å². The number of ether oxygens (including phenoxy) is 2. The highest BCUT2D eigenvalue weighted by Gasteiger charge is 2.08. The molecule has 2 aromatic rings. The van der Waals surface area contributed by atoms with E-state index in [2.05, 4.69) is 19.1 Å². The van der Waals surface area contributed by atoms with E-state index in [4.69, 9.17) is 14.6 Å². The van der Waals surface area contributed by atoms with Crippen LogP contribution in [0.4, 0.5) is 0 Å². The van der Waals surface area contributed by atoms with Crippen molar-refractivity contribution in [3.63, 3.8) is 0 Å². The molecule has 0 radical (unpaired) electrons. The van der Waals surface area contributed by atoms with E-state index in [9.17, 15) is 5.11 Å². The molecule has 0 saturated carbocycles. The summed E-state index contributed by atoms with van der Waals surface area (Å²) in [5.41, 5.74) is 3.37. The van der Waals surface area contributed by atoms with Crippen molar-refractivity contribution >= 4 is 0 Å². The molecular formula is C19H24O4. The third-order valence-corrected chi connectivity index (χ3v) is 3.72. The maximum absolute atomic E-state index is 9.42. The number of aliphatic hydroxyl groups excluding tert-OH is 2. The summed E-state index contributed by atoms with van der Waals surface area (Å²) in [6.45, 7) is 2.33. The highest BCUT2D eigenvalue weighted by molar-refractivity contribution is 5.43. The summed E-state index contributed by atoms with van der Waals surface area (Å²) in [5, 5.41) is 18.3. The van der Waals surface area contributed by atoms with Gasteiger partial charge in [0.2, 0.25) is 0 Å². The van der Waals surface area contributed by atoms with Gasteiger partial charge in [-0.05, 0) is 43.0 Å². The molecule has 0 aliphatic heterocycles. The number of hydrogen-bond donors (Lipinski definition) is 2. The Morgan fingerprint density at radius 2 is 1.70 bits per heavy atom. The van der Waals surface area contributed by atoms with Gasteiger partial charge in [0.15, 0.2) is 11.5 Å². The van der Waals surface area contributed by atoms with Gasteiger partial charge in [0.25, 0.3) is 0 Å². The molecule has 0 heterocycles. The first-order chi connectivity index (χ1) is 11.1. The van der Waals surface area contributed by atoms with Gasteiger partial charge in [0.1, 0.15) is 6.61 Å². The predicted octanol–water partition coefficient (Wildman–Crippen LogP) is 2.87. The van der Waals surface area contributed by atoms with Gasteiger partial charge in [-0.15, -0.1) is 0 Å². The quantitative estimate of drug-likeness (QED) is 0.786. The van der Waals surface area contributed by atoms with E-state index in [0.29, 0.717) is 30.9 Å². The van der Waals surface area contributed by atoms with Crippen LogP contribution in [0.2, 0.25) is 0 Å². The first-order valence-corrected chi connectivity index (χ1v) is 7.76. The highest BCUT2D eigenvalue weighted by atomic mass is 16.5. The average molecular weight is 316 g/mol. The zero-order valence-corrected chi connectivity index (χ0v) is 13.7. The molecule has 4 nitrogen and oxygen atoms in total.